The monoisotopic (exact) mass is 544 g/mol. The zero-order valence-electron chi connectivity index (χ0n) is 19.5. The van der Waals surface area contributed by atoms with E-state index < -0.39 is 0 Å². The van der Waals surface area contributed by atoms with Crippen molar-refractivity contribution in [2.45, 2.75) is 101 Å². The van der Waals surface area contributed by atoms with Gasteiger partial charge in [0.1, 0.15) is 0 Å². The summed E-state index contributed by atoms with van der Waals surface area (Å²) in [5.41, 5.74) is 1.37. The molecule has 0 N–H and O–H groups in total. The van der Waals surface area contributed by atoms with Gasteiger partial charge in [-0.1, -0.05) is 88.9 Å². The number of hydrogen-bond donors (Lipinski definition) is 0. The third-order valence-electron chi connectivity index (χ3n) is 6.29. The van der Waals surface area contributed by atoms with Gasteiger partial charge in [0.05, 0.1) is 19.6 Å². The van der Waals surface area contributed by atoms with Crippen LogP contribution in [0.1, 0.15) is 96.5 Å². The van der Waals surface area contributed by atoms with E-state index >= 15 is 0 Å². The molecular weight excluding hydrogens is 501 g/mol. The summed E-state index contributed by atoms with van der Waals surface area (Å²) in [5, 5.41) is 0.814. The number of benzene rings is 1. The molecule has 1 rings (SSSR count). The fraction of sp³-hybridized carbons (Fsp3) is 0.704. The van der Waals surface area contributed by atoms with E-state index in [0.717, 1.165) is 22.5 Å². The number of nitrogens with zero attached hydrogens (tertiary/aromatic N) is 1. The lowest BCUT2D eigenvalue weighted by molar-refractivity contribution is -0.927. The molecule has 0 bridgehead atoms. The molecule has 0 aromatic heterocycles. The molecular formula is C27H44ClIN+. The van der Waals surface area contributed by atoms with Crippen molar-refractivity contribution in [1.82, 2.24) is 0 Å². The molecule has 0 saturated heterocycles. The van der Waals surface area contributed by atoms with Gasteiger partial charge in [0, 0.05) is 34.0 Å². The molecule has 0 aliphatic carbocycles. The molecule has 1 unspecified atom stereocenters. The first-order valence-corrected chi connectivity index (χ1v) is 13.9. The van der Waals surface area contributed by atoms with Crippen molar-refractivity contribution in [1.29, 1.82) is 0 Å². The smallest absolute Gasteiger partial charge is 0.200 e. The van der Waals surface area contributed by atoms with Crippen molar-refractivity contribution in [3.63, 3.8) is 0 Å². The summed E-state index contributed by atoms with van der Waals surface area (Å²) in [4.78, 5) is 0. The summed E-state index contributed by atoms with van der Waals surface area (Å²) >= 11 is 8.62. The Balaban J connectivity index is 2.73. The minimum atomic E-state index is 0.251. The molecule has 1 aromatic carbocycles. The van der Waals surface area contributed by atoms with Gasteiger partial charge in [-0.15, -0.1) is 6.42 Å². The first-order valence-electron chi connectivity index (χ1n) is 12.3. The van der Waals surface area contributed by atoms with Gasteiger partial charge in [0.25, 0.3) is 0 Å². The normalized spacial score (nSPS) is 12.6. The highest BCUT2D eigenvalue weighted by Gasteiger charge is 2.33. The molecule has 0 saturated carbocycles. The highest BCUT2D eigenvalue weighted by Crippen LogP contribution is 2.25. The first kappa shape index (κ1) is 27.8. The maximum Gasteiger partial charge on any atom is 0.200 e. The molecule has 0 amide bonds. The summed E-state index contributed by atoms with van der Waals surface area (Å²) in [7, 11) is 0. The Morgan fingerprint density at radius 2 is 1.27 bits per heavy atom. The summed E-state index contributed by atoms with van der Waals surface area (Å²) in [6.07, 6.45) is 23.2. The van der Waals surface area contributed by atoms with E-state index in [1.807, 2.05) is 12.1 Å². The topological polar surface area (TPSA) is 0 Å². The van der Waals surface area contributed by atoms with Crippen molar-refractivity contribution >= 4 is 34.2 Å². The lowest BCUT2D eigenvalue weighted by Gasteiger charge is -2.41. The van der Waals surface area contributed by atoms with Crippen LogP contribution in [-0.2, 0) is 6.42 Å². The molecule has 0 fully saturated rings. The summed E-state index contributed by atoms with van der Waals surface area (Å²) in [6, 6.07) is 8.36. The van der Waals surface area contributed by atoms with Gasteiger partial charge in [0.15, 0.2) is 0 Å². The van der Waals surface area contributed by atoms with Crippen LogP contribution in [0.25, 0.3) is 0 Å². The Bertz CT molecular complexity index is 562. The quantitative estimate of drug-likeness (QED) is 0.0432. The van der Waals surface area contributed by atoms with E-state index in [1.165, 1.54) is 95.7 Å². The van der Waals surface area contributed by atoms with Gasteiger partial charge < -0.3 is 4.48 Å². The first-order chi connectivity index (χ1) is 14.6. The predicted molar refractivity (Wildman–Crippen MR) is 143 cm³/mol. The van der Waals surface area contributed by atoms with Crippen LogP contribution in [0.15, 0.2) is 24.3 Å². The summed E-state index contributed by atoms with van der Waals surface area (Å²) < 4.78 is 1.32. The van der Waals surface area contributed by atoms with Crippen molar-refractivity contribution in [3.8, 4) is 12.3 Å². The largest absolute Gasteiger partial charge is 0.303 e. The van der Waals surface area contributed by atoms with Crippen molar-refractivity contribution < 1.29 is 4.48 Å². The van der Waals surface area contributed by atoms with Crippen LogP contribution < -0.4 is 0 Å². The van der Waals surface area contributed by atoms with Gasteiger partial charge in [-0.05, 0) is 49.3 Å². The molecule has 0 aliphatic heterocycles. The number of halogens is 2. The maximum atomic E-state index is 6.08. The minimum absolute atomic E-state index is 0.251. The third-order valence-corrected chi connectivity index (χ3v) is 8.08. The number of rotatable bonds is 18. The van der Waals surface area contributed by atoms with Gasteiger partial charge in [0.2, 0.25) is 4.05 Å². The number of terminal acetylenes is 1. The average molecular weight is 545 g/mol. The Morgan fingerprint density at radius 3 is 1.73 bits per heavy atom. The maximum absolute atomic E-state index is 6.08. The van der Waals surface area contributed by atoms with E-state index in [9.17, 15) is 0 Å². The van der Waals surface area contributed by atoms with Gasteiger partial charge in [-0.2, -0.15) is 0 Å². The second-order valence-corrected chi connectivity index (χ2v) is 10.4. The molecule has 0 aliphatic rings. The van der Waals surface area contributed by atoms with Gasteiger partial charge >= 0.3 is 0 Å². The van der Waals surface area contributed by atoms with Crippen LogP contribution in [0.5, 0.6) is 0 Å². The molecule has 0 radical (unpaired) electrons. The van der Waals surface area contributed by atoms with Crippen molar-refractivity contribution in [3.05, 3.63) is 34.9 Å². The minimum Gasteiger partial charge on any atom is -0.303 e. The Morgan fingerprint density at radius 1 is 0.800 bits per heavy atom. The molecule has 1 nitrogen and oxygen atoms in total. The van der Waals surface area contributed by atoms with Crippen LogP contribution in [0.4, 0.5) is 0 Å². The van der Waals surface area contributed by atoms with E-state index in [1.54, 1.807) is 0 Å². The molecule has 30 heavy (non-hydrogen) atoms. The third kappa shape index (κ3) is 11.4. The molecule has 1 aromatic rings. The fourth-order valence-corrected chi connectivity index (χ4v) is 5.21. The lowest BCUT2D eigenvalue weighted by atomic mass is 10.1. The highest BCUT2D eigenvalue weighted by molar-refractivity contribution is 14.1. The molecule has 3 heteroatoms. The Labute approximate surface area is 206 Å². The number of quaternary nitrogens is 1. The standard InChI is InChI=1S/C27H44ClIN/c1-4-7-9-11-13-15-22-30(27(29)6-3,23-16-14-12-10-8-5-2)24-21-25-17-19-26(28)20-18-25/h3,17-20,27H,4-5,7-16,21-24H2,1-2H3/q+1. The van der Waals surface area contributed by atoms with E-state index in [2.05, 4.69) is 54.5 Å². The average Bonchev–Trinajstić information content (AvgIpc) is 2.76. The number of alkyl halides is 1. The molecule has 1 atom stereocenters. The molecule has 0 heterocycles. The molecule has 170 valence electrons. The second kappa shape index (κ2) is 17.3. The van der Waals surface area contributed by atoms with Gasteiger partial charge in [-0.25, -0.2) is 0 Å². The lowest BCUT2D eigenvalue weighted by Crippen LogP contribution is -2.54. The molecule has 0 spiro atoms. The Kier molecular flexibility index (Phi) is 16.1. The summed E-state index contributed by atoms with van der Waals surface area (Å²) in [5.74, 6) is 3.11. The van der Waals surface area contributed by atoms with Crippen LogP contribution in [0.3, 0.4) is 0 Å². The van der Waals surface area contributed by atoms with E-state index in [4.69, 9.17) is 18.0 Å². The zero-order valence-corrected chi connectivity index (χ0v) is 22.4. The van der Waals surface area contributed by atoms with Crippen LogP contribution in [0.2, 0.25) is 5.02 Å². The van der Waals surface area contributed by atoms with E-state index in [-0.39, 0.29) is 4.05 Å². The summed E-state index contributed by atoms with van der Waals surface area (Å²) in [6.45, 7) is 8.13. The zero-order chi connectivity index (χ0) is 22.1. The van der Waals surface area contributed by atoms with Gasteiger partial charge in [-0.3, -0.25) is 0 Å². The predicted octanol–water partition coefficient (Wildman–Crippen LogP) is 8.81. The van der Waals surface area contributed by atoms with Crippen LogP contribution in [-0.4, -0.2) is 28.2 Å². The second-order valence-electron chi connectivity index (χ2n) is 8.80. The highest BCUT2D eigenvalue weighted by atomic mass is 127. The van der Waals surface area contributed by atoms with Crippen LogP contribution >= 0.6 is 34.2 Å². The van der Waals surface area contributed by atoms with Crippen molar-refractivity contribution in [2.75, 3.05) is 19.6 Å². The number of hydrogen-bond acceptors (Lipinski definition) is 0. The Hall–Kier alpha value is -0.240. The van der Waals surface area contributed by atoms with Crippen molar-refractivity contribution in [2.24, 2.45) is 0 Å². The fourth-order valence-electron chi connectivity index (χ4n) is 4.25. The SMILES string of the molecule is C#CC(I)[N+](CCCCCCCC)(CCCCCCCC)CCc1ccc(Cl)cc1. The number of unbranched alkanes of at least 4 members (excludes halogenated alkanes) is 10. The van der Waals surface area contributed by atoms with E-state index in [0.29, 0.717) is 0 Å². The van der Waals surface area contributed by atoms with Crippen LogP contribution in [0, 0.1) is 12.3 Å².